The minimum Gasteiger partial charge on any atom is -0.399 e. The van der Waals surface area contributed by atoms with Gasteiger partial charge in [-0.1, -0.05) is 115 Å². The second-order valence-corrected chi connectivity index (χ2v) is 10.2. The van der Waals surface area contributed by atoms with E-state index >= 15 is 0 Å². The van der Waals surface area contributed by atoms with Crippen molar-refractivity contribution >= 4 is 11.4 Å². The molecule has 1 aliphatic carbocycles. The molecular weight excluding hydrogens is 472 g/mol. The molecule has 0 amide bonds. The molecule has 0 fully saturated rings. The van der Waals surface area contributed by atoms with Crippen LogP contribution in [0.15, 0.2) is 146 Å². The predicted molar refractivity (Wildman–Crippen MR) is 163 cm³/mol. The van der Waals surface area contributed by atoms with Gasteiger partial charge in [0.25, 0.3) is 0 Å². The quantitative estimate of drug-likeness (QED) is 0.238. The number of benzene rings is 6. The average Bonchev–Trinajstić information content (AvgIpc) is 3.29. The molecule has 4 N–H and O–H groups in total. The maximum absolute atomic E-state index is 6.06. The highest BCUT2D eigenvalue weighted by atomic mass is 14.5. The Kier molecular flexibility index (Phi) is 5.35. The molecule has 7 rings (SSSR count). The van der Waals surface area contributed by atoms with Gasteiger partial charge in [-0.15, -0.1) is 0 Å². The van der Waals surface area contributed by atoms with Crippen LogP contribution < -0.4 is 11.5 Å². The minimum atomic E-state index is -0.471. The summed E-state index contributed by atoms with van der Waals surface area (Å²) in [6.45, 7) is 0. The summed E-state index contributed by atoms with van der Waals surface area (Å²) >= 11 is 0. The Hall–Kier alpha value is -5.08. The topological polar surface area (TPSA) is 52.0 Å². The SMILES string of the molecule is Nc1ccc(-c2ccc3c(c2)C(c2ccccc2)(c2ccccc2)c2cccc(-c4ccc(N)cc4)c2-3)cc1. The van der Waals surface area contributed by atoms with E-state index in [4.69, 9.17) is 11.5 Å². The van der Waals surface area contributed by atoms with Crippen molar-refractivity contribution in [1.29, 1.82) is 0 Å². The smallest absolute Gasteiger partial charge is 0.0714 e. The molecule has 6 aromatic rings. The van der Waals surface area contributed by atoms with E-state index in [9.17, 15) is 0 Å². The molecule has 0 unspecified atom stereocenters. The third kappa shape index (κ3) is 3.57. The van der Waals surface area contributed by atoms with Crippen molar-refractivity contribution in [3.05, 3.63) is 168 Å². The normalized spacial score (nSPS) is 13.0. The molecular formula is C37H28N2. The first-order chi connectivity index (χ1) is 19.2. The van der Waals surface area contributed by atoms with Crippen LogP contribution in [0.1, 0.15) is 22.3 Å². The first kappa shape index (κ1) is 23.1. The zero-order valence-electron chi connectivity index (χ0n) is 21.5. The van der Waals surface area contributed by atoms with E-state index in [1.165, 1.54) is 44.5 Å². The zero-order valence-corrected chi connectivity index (χ0v) is 21.5. The van der Waals surface area contributed by atoms with Crippen LogP contribution in [0.5, 0.6) is 0 Å². The van der Waals surface area contributed by atoms with Gasteiger partial charge in [0.1, 0.15) is 0 Å². The summed E-state index contributed by atoms with van der Waals surface area (Å²) < 4.78 is 0. The molecule has 0 saturated heterocycles. The Morgan fingerprint density at radius 2 is 0.923 bits per heavy atom. The van der Waals surface area contributed by atoms with E-state index in [0.717, 1.165) is 22.5 Å². The monoisotopic (exact) mass is 500 g/mol. The average molecular weight is 501 g/mol. The number of hydrogen-bond acceptors (Lipinski definition) is 2. The van der Waals surface area contributed by atoms with Crippen molar-refractivity contribution in [3.8, 4) is 33.4 Å². The van der Waals surface area contributed by atoms with Crippen molar-refractivity contribution in [2.75, 3.05) is 11.5 Å². The van der Waals surface area contributed by atoms with E-state index in [1.54, 1.807) is 0 Å². The molecule has 0 aliphatic heterocycles. The lowest BCUT2D eigenvalue weighted by atomic mass is 9.67. The molecule has 0 radical (unpaired) electrons. The maximum Gasteiger partial charge on any atom is 0.0714 e. The molecule has 2 heteroatoms. The van der Waals surface area contributed by atoms with Crippen molar-refractivity contribution in [3.63, 3.8) is 0 Å². The Morgan fingerprint density at radius 3 is 1.51 bits per heavy atom. The van der Waals surface area contributed by atoms with E-state index in [-0.39, 0.29) is 0 Å². The van der Waals surface area contributed by atoms with Gasteiger partial charge in [-0.05, 0) is 86.0 Å². The molecule has 0 spiro atoms. The van der Waals surface area contributed by atoms with Crippen LogP contribution in [0, 0.1) is 0 Å². The first-order valence-electron chi connectivity index (χ1n) is 13.3. The van der Waals surface area contributed by atoms with Gasteiger partial charge in [-0.25, -0.2) is 0 Å². The maximum atomic E-state index is 6.06. The van der Waals surface area contributed by atoms with Crippen LogP contribution >= 0.6 is 0 Å². The molecule has 0 aromatic heterocycles. The molecule has 0 atom stereocenters. The summed E-state index contributed by atoms with van der Waals surface area (Å²) in [5.74, 6) is 0. The number of nitrogens with two attached hydrogens (primary N) is 2. The van der Waals surface area contributed by atoms with Gasteiger partial charge in [0.15, 0.2) is 0 Å². The Bertz CT molecular complexity index is 1750. The van der Waals surface area contributed by atoms with Crippen molar-refractivity contribution in [1.82, 2.24) is 0 Å². The summed E-state index contributed by atoms with van der Waals surface area (Å²) in [4.78, 5) is 0. The number of nitrogen functional groups attached to an aromatic ring is 2. The number of fused-ring (bicyclic) bond motifs is 3. The van der Waals surface area contributed by atoms with Gasteiger partial charge in [0, 0.05) is 11.4 Å². The highest BCUT2D eigenvalue weighted by molar-refractivity contribution is 5.96. The second kappa shape index (κ2) is 9.04. The summed E-state index contributed by atoms with van der Waals surface area (Å²) in [7, 11) is 0. The van der Waals surface area contributed by atoms with E-state index in [0.29, 0.717) is 0 Å². The lowest BCUT2D eigenvalue weighted by molar-refractivity contribution is 0.769. The molecule has 6 aromatic carbocycles. The fraction of sp³-hybridized carbons (Fsp3) is 0.0270. The van der Waals surface area contributed by atoms with Crippen LogP contribution in [-0.2, 0) is 5.41 Å². The third-order valence-corrected chi connectivity index (χ3v) is 8.04. The van der Waals surface area contributed by atoms with E-state index in [2.05, 4.69) is 121 Å². The fourth-order valence-electron chi connectivity index (χ4n) is 6.30. The van der Waals surface area contributed by atoms with Gasteiger partial charge < -0.3 is 11.5 Å². The van der Waals surface area contributed by atoms with Crippen molar-refractivity contribution in [2.45, 2.75) is 5.41 Å². The fourth-order valence-corrected chi connectivity index (χ4v) is 6.30. The van der Waals surface area contributed by atoms with Gasteiger partial charge in [0.05, 0.1) is 5.41 Å². The van der Waals surface area contributed by atoms with Crippen LogP contribution in [0.25, 0.3) is 33.4 Å². The molecule has 2 nitrogen and oxygen atoms in total. The molecule has 0 bridgehead atoms. The van der Waals surface area contributed by atoms with E-state index < -0.39 is 5.41 Å². The van der Waals surface area contributed by atoms with Crippen LogP contribution in [-0.4, -0.2) is 0 Å². The lowest BCUT2D eigenvalue weighted by Gasteiger charge is -2.34. The summed E-state index contributed by atoms with van der Waals surface area (Å²) in [5, 5.41) is 0. The Labute approximate surface area is 229 Å². The lowest BCUT2D eigenvalue weighted by Crippen LogP contribution is -2.28. The summed E-state index contributed by atoms with van der Waals surface area (Å²) in [5.41, 5.74) is 25.4. The molecule has 186 valence electrons. The molecule has 0 saturated carbocycles. The Balaban J connectivity index is 1.61. The van der Waals surface area contributed by atoms with Gasteiger partial charge in [0.2, 0.25) is 0 Å². The van der Waals surface area contributed by atoms with Gasteiger partial charge >= 0.3 is 0 Å². The van der Waals surface area contributed by atoms with Crippen LogP contribution in [0.4, 0.5) is 11.4 Å². The zero-order chi connectivity index (χ0) is 26.4. The summed E-state index contributed by atoms with van der Waals surface area (Å²) in [6.07, 6.45) is 0. The van der Waals surface area contributed by atoms with Crippen molar-refractivity contribution < 1.29 is 0 Å². The van der Waals surface area contributed by atoms with Gasteiger partial charge in [-0.2, -0.15) is 0 Å². The van der Waals surface area contributed by atoms with Crippen molar-refractivity contribution in [2.24, 2.45) is 0 Å². The second-order valence-electron chi connectivity index (χ2n) is 10.2. The molecule has 39 heavy (non-hydrogen) atoms. The number of anilines is 2. The number of hydrogen-bond donors (Lipinski definition) is 2. The highest BCUT2D eigenvalue weighted by Gasteiger charge is 2.47. The predicted octanol–water partition coefficient (Wildman–Crippen LogP) is 8.55. The standard InChI is InChI=1S/C37H28N2/c38-30-19-14-25(15-20-30)27-18-23-33-35(24-27)37(28-8-3-1-4-9-28,29-10-5-2-6-11-29)34-13-7-12-32(36(33)34)26-16-21-31(39)22-17-26/h1-24H,38-39H2. The third-order valence-electron chi connectivity index (χ3n) is 8.04. The molecule has 1 aliphatic rings. The number of rotatable bonds is 4. The van der Waals surface area contributed by atoms with Crippen LogP contribution in [0.2, 0.25) is 0 Å². The first-order valence-corrected chi connectivity index (χ1v) is 13.3. The van der Waals surface area contributed by atoms with Crippen LogP contribution in [0.3, 0.4) is 0 Å². The summed E-state index contributed by atoms with van der Waals surface area (Å²) in [6, 6.07) is 51.8. The van der Waals surface area contributed by atoms with E-state index in [1.807, 2.05) is 24.3 Å². The largest absolute Gasteiger partial charge is 0.399 e. The minimum absolute atomic E-state index is 0.471. The Morgan fingerprint density at radius 1 is 0.385 bits per heavy atom. The highest BCUT2D eigenvalue weighted by Crippen LogP contribution is 2.58. The molecule has 0 heterocycles. The van der Waals surface area contributed by atoms with Gasteiger partial charge in [-0.3, -0.25) is 0 Å².